The fourth-order valence-corrected chi connectivity index (χ4v) is 0.947. The molecule has 90 valence electrons. The van der Waals surface area contributed by atoms with Crippen molar-refractivity contribution >= 4 is 5.91 Å². The molecule has 1 amide bonds. The van der Waals surface area contributed by atoms with Gasteiger partial charge in [-0.2, -0.15) is 0 Å². The SMILES string of the molecule is CCNCC(=O)NCCCOCCOC. The van der Waals surface area contributed by atoms with Gasteiger partial charge in [0.05, 0.1) is 19.8 Å². The summed E-state index contributed by atoms with van der Waals surface area (Å²) in [6, 6.07) is 0. The number of nitrogens with one attached hydrogen (secondary N) is 2. The molecule has 0 unspecified atom stereocenters. The molecule has 0 fully saturated rings. The topological polar surface area (TPSA) is 59.6 Å². The van der Waals surface area contributed by atoms with E-state index in [4.69, 9.17) is 9.47 Å². The van der Waals surface area contributed by atoms with Crippen LogP contribution < -0.4 is 10.6 Å². The lowest BCUT2D eigenvalue weighted by Crippen LogP contribution is -2.34. The largest absolute Gasteiger partial charge is 0.382 e. The van der Waals surface area contributed by atoms with E-state index < -0.39 is 0 Å². The zero-order valence-corrected chi connectivity index (χ0v) is 9.67. The summed E-state index contributed by atoms with van der Waals surface area (Å²) in [6.45, 7) is 5.72. The normalized spacial score (nSPS) is 10.3. The second kappa shape index (κ2) is 11.4. The molecule has 0 saturated carbocycles. The Morgan fingerprint density at radius 3 is 2.73 bits per heavy atom. The molecule has 5 heteroatoms. The van der Waals surface area contributed by atoms with Crippen LogP contribution in [-0.2, 0) is 14.3 Å². The summed E-state index contributed by atoms with van der Waals surface area (Å²) in [5.74, 6) is 0.0359. The predicted octanol–water partition coefficient (Wildman–Crippen LogP) is -0.235. The summed E-state index contributed by atoms with van der Waals surface area (Å²) in [4.78, 5) is 11.1. The molecule has 0 rings (SSSR count). The van der Waals surface area contributed by atoms with Gasteiger partial charge in [0.15, 0.2) is 0 Å². The third-order valence-electron chi connectivity index (χ3n) is 1.75. The van der Waals surface area contributed by atoms with Crippen LogP contribution in [0.25, 0.3) is 0 Å². The highest BCUT2D eigenvalue weighted by molar-refractivity contribution is 5.77. The van der Waals surface area contributed by atoms with Crippen molar-refractivity contribution in [2.75, 3.05) is 46.6 Å². The summed E-state index contributed by atoms with van der Waals surface area (Å²) in [7, 11) is 1.64. The summed E-state index contributed by atoms with van der Waals surface area (Å²) < 4.78 is 10.1. The first-order valence-electron chi connectivity index (χ1n) is 5.35. The highest BCUT2D eigenvalue weighted by atomic mass is 16.5. The Balaban J connectivity index is 3.06. The smallest absolute Gasteiger partial charge is 0.233 e. The van der Waals surface area contributed by atoms with Crippen LogP contribution in [0.3, 0.4) is 0 Å². The maximum absolute atomic E-state index is 11.1. The molecule has 0 atom stereocenters. The van der Waals surface area contributed by atoms with E-state index >= 15 is 0 Å². The lowest BCUT2D eigenvalue weighted by Gasteiger charge is -2.06. The van der Waals surface area contributed by atoms with Crippen molar-refractivity contribution in [1.29, 1.82) is 0 Å². The van der Waals surface area contributed by atoms with E-state index in [1.807, 2.05) is 6.92 Å². The molecule has 0 aliphatic heterocycles. The maximum atomic E-state index is 11.1. The fraction of sp³-hybridized carbons (Fsp3) is 0.900. The van der Waals surface area contributed by atoms with Gasteiger partial charge in [0.2, 0.25) is 5.91 Å². The fourth-order valence-electron chi connectivity index (χ4n) is 0.947. The van der Waals surface area contributed by atoms with Gasteiger partial charge in [0, 0.05) is 20.3 Å². The van der Waals surface area contributed by atoms with Crippen LogP contribution >= 0.6 is 0 Å². The molecule has 0 aromatic rings. The first kappa shape index (κ1) is 14.3. The molecular formula is C10H22N2O3. The Labute approximate surface area is 91.5 Å². The molecule has 0 spiro atoms. The molecule has 15 heavy (non-hydrogen) atoms. The number of carbonyl (C=O) groups is 1. The minimum atomic E-state index is 0.0359. The second-order valence-corrected chi connectivity index (χ2v) is 3.09. The average Bonchev–Trinajstić information content (AvgIpc) is 2.25. The van der Waals surface area contributed by atoms with Crippen molar-refractivity contribution < 1.29 is 14.3 Å². The zero-order chi connectivity index (χ0) is 11.4. The Hall–Kier alpha value is -0.650. The van der Waals surface area contributed by atoms with Gasteiger partial charge in [-0.1, -0.05) is 6.92 Å². The maximum Gasteiger partial charge on any atom is 0.233 e. The molecule has 0 bridgehead atoms. The van der Waals surface area contributed by atoms with Crippen molar-refractivity contribution in [1.82, 2.24) is 10.6 Å². The molecule has 5 nitrogen and oxygen atoms in total. The predicted molar refractivity (Wildman–Crippen MR) is 58.9 cm³/mol. The van der Waals surface area contributed by atoms with Crippen molar-refractivity contribution in [3.05, 3.63) is 0 Å². The number of carbonyl (C=O) groups excluding carboxylic acids is 1. The number of rotatable bonds is 10. The molecule has 0 saturated heterocycles. The Kier molecular flexibility index (Phi) is 10.9. The van der Waals surface area contributed by atoms with E-state index in [1.54, 1.807) is 7.11 Å². The summed E-state index contributed by atoms with van der Waals surface area (Å²) in [6.07, 6.45) is 0.835. The van der Waals surface area contributed by atoms with Gasteiger partial charge >= 0.3 is 0 Å². The molecule has 2 N–H and O–H groups in total. The Morgan fingerprint density at radius 2 is 2.07 bits per heavy atom. The lowest BCUT2D eigenvalue weighted by molar-refractivity contribution is -0.120. The van der Waals surface area contributed by atoms with Gasteiger partial charge in [0.25, 0.3) is 0 Å². The monoisotopic (exact) mass is 218 g/mol. The Bertz CT molecular complexity index is 154. The third kappa shape index (κ3) is 11.3. The van der Waals surface area contributed by atoms with Gasteiger partial charge in [-0.15, -0.1) is 0 Å². The van der Waals surface area contributed by atoms with Crippen LogP contribution in [0.15, 0.2) is 0 Å². The highest BCUT2D eigenvalue weighted by Gasteiger charge is 1.97. The first-order valence-corrected chi connectivity index (χ1v) is 5.35. The van der Waals surface area contributed by atoms with E-state index in [0.29, 0.717) is 32.9 Å². The molecule has 0 aromatic carbocycles. The van der Waals surface area contributed by atoms with Crippen LogP contribution in [-0.4, -0.2) is 52.5 Å². The average molecular weight is 218 g/mol. The number of amides is 1. The van der Waals surface area contributed by atoms with E-state index in [9.17, 15) is 4.79 Å². The molecule has 0 aliphatic rings. The molecule has 0 radical (unpaired) electrons. The van der Waals surface area contributed by atoms with E-state index in [0.717, 1.165) is 13.0 Å². The van der Waals surface area contributed by atoms with Crippen LogP contribution in [0.1, 0.15) is 13.3 Å². The number of hydrogen-bond donors (Lipinski definition) is 2. The van der Waals surface area contributed by atoms with Gasteiger partial charge < -0.3 is 20.1 Å². The number of methoxy groups -OCH3 is 1. The second-order valence-electron chi connectivity index (χ2n) is 3.09. The first-order chi connectivity index (χ1) is 7.31. The minimum absolute atomic E-state index is 0.0359. The quantitative estimate of drug-likeness (QED) is 0.497. The van der Waals surface area contributed by atoms with Gasteiger partial charge in [-0.25, -0.2) is 0 Å². The van der Waals surface area contributed by atoms with E-state index in [2.05, 4.69) is 10.6 Å². The van der Waals surface area contributed by atoms with Crippen molar-refractivity contribution in [3.63, 3.8) is 0 Å². The lowest BCUT2D eigenvalue weighted by atomic mass is 10.4. The van der Waals surface area contributed by atoms with E-state index in [1.165, 1.54) is 0 Å². The molecule has 0 aliphatic carbocycles. The van der Waals surface area contributed by atoms with Crippen LogP contribution in [0, 0.1) is 0 Å². The van der Waals surface area contributed by atoms with Crippen molar-refractivity contribution in [2.45, 2.75) is 13.3 Å². The minimum Gasteiger partial charge on any atom is -0.382 e. The van der Waals surface area contributed by atoms with E-state index in [-0.39, 0.29) is 5.91 Å². The number of likely N-dealkylation sites (N-methyl/N-ethyl adjacent to an activating group) is 1. The molecule has 0 aromatic heterocycles. The van der Waals surface area contributed by atoms with Crippen LogP contribution in [0.4, 0.5) is 0 Å². The number of hydrogen-bond acceptors (Lipinski definition) is 4. The molecule has 0 heterocycles. The van der Waals surface area contributed by atoms with Gasteiger partial charge in [0.1, 0.15) is 0 Å². The highest BCUT2D eigenvalue weighted by Crippen LogP contribution is 1.81. The van der Waals surface area contributed by atoms with Crippen molar-refractivity contribution in [3.8, 4) is 0 Å². The standard InChI is InChI=1S/C10H22N2O3/c1-3-11-9-10(13)12-5-4-6-15-8-7-14-2/h11H,3-9H2,1-2H3,(H,12,13). The summed E-state index contributed by atoms with van der Waals surface area (Å²) in [5.41, 5.74) is 0. The summed E-state index contributed by atoms with van der Waals surface area (Å²) in [5, 5.41) is 5.75. The zero-order valence-electron chi connectivity index (χ0n) is 9.67. The van der Waals surface area contributed by atoms with Gasteiger partial charge in [-0.3, -0.25) is 4.79 Å². The van der Waals surface area contributed by atoms with Crippen LogP contribution in [0.2, 0.25) is 0 Å². The molecular weight excluding hydrogens is 196 g/mol. The van der Waals surface area contributed by atoms with Crippen LogP contribution in [0.5, 0.6) is 0 Å². The van der Waals surface area contributed by atoms with Gasteiger partial charge in [-0.05, 0) is 13.0 Å². The third-order valence-corrected chi connectivity index (χ3v) is 1.75. The van der Waals surface area contributed by atoms with Crippen molar-refractivity contribution in [2.24, 2.45) is 0 Å². The Morgan fingerprint density at radius 1 is 1.27 bits per heavy atom. The number of ether oxygens (including phenoxy) is 2. The summed E-state index contributed by atoms with van der Waals surface area (Å²) >= 11 is 0.